The van der Waals surface area contributed by atoms with Crippen LogP contribution >= 0.6 is 23.2 Å². The van der Waals surface area contributed by atoms with Gasteiger partial charge in [-0.1, -0.05) is 23.2 Å². The molecule has 5 heteroatoms. The molecule has 0 aliphatic carbocycles. The third kappa shape index (κ3) is 1.36. The van der Waals surface area contributed by atoms with E-state index in [1.165, 1.54) is 4.90 Å². The molecule has 1 amide bonds. The van der Waals surface area contributed by atoms with Crippen LogP contribution in [-0.4, -0.2) is 24.1 Å². The minimum atomic E-state index is -0.443. The summed E-state index contributed by atoms with van der Waals surface area (Å²) in [6, 6.07) is 0. The highest BCUT2D eigenvalue weighted by atomic mass is 35.5. The Hall–Kier alpha value is -0.410. The predicted octanol–water partition coefficient (Wildman–Crippen LogP) is 1.72. The van der Waals surface area contributed by atoms with Gasteiger partial charge in [0.1, 0.15) is 11.8 Å². The van der Waals surface area contributed by atoms with Gasteiger partial charge in [0.2, 0.25) is 0 Å². The van der Waals surface area contributed by atoms with Crippen LogP contribution in [0.2, 0.25) is 0 Å². The summed E-state index contributed by atoms with van der Waals surface area (Å²) in [5.41, 5.74) is 1.13. The van der Waals surface area contributed by atoms with Gasteiger partial charge in [-0.25, -0.2) is 4.79 Å². The normalized spacial score (nSPS) is 19.6. The van der Waals surface area contributed by atoms with Crippen molar-refractivity contribution in [1.29, 1.82) is 0 Å². The molecule has 3 nitrogen and oxygen atoms in total. The third-order valence-electron chi connectivity index (χ3n) is 1.11. The van der Waals surface area contributed by atoms with Crippen LogP contribution in [0, 0.1) is 0 Å². The van der Waals surface area contributed by atoms with Gasteiger partial charge in [-0.2, -0.15) is 0 Å². The largest absolute Gasteiger partial charge is 0.447 e. The van der Waals surface area contributed by atoms with Gasteiger partial charge in [-0.05, 0) is 0 Å². The molecule has 1 aliphatic heterocycles. The number of cyclic esters (lactones) is 1. The molecule has 0 bridgehead atoms. The van der Waals surface area contributed by atoms with Crippen LogP contribution in [0.3, 0.4) is 0 Å². The summed E-state index contributed by atoms with van der Waals surface area (Å²) in [6.45, 7) is 0.848. The monoisotopic (exact) mass is 181 g/mol. The lowest BCUT2D eigenvalue weighted by atomic mass is 10.6. The van der Waals surface area contributed by atoms with Crippen molar-refractivity contribution in [1.82, 2.24) is 4.90 Å². The smallest absolute Gasteiger partial charge is 0.415 e. The molecule has 0 aromatic heterocycles. The number of hydrogen-bond donors (Lipinski definition) is 0. The summed E-state index contributed by atoms with van der Waals surface area (Å²) >= 11 is 10.8. The van der Waals surface area contributed by atoms with Crippen molar-refractivity contribution in [3.8, 4) is 0 Å². The molecule has 0 radical (unpaired) electrons. The van der Waals surface area contributed by atoms with E-state index in [0.717, 1.165) is 5.54 Å². The van der Waals surface area contributed by atoms with Crippen LogP contribution in [0.5, 0.6) is 0 Å². The number of amides is 1. The molecule has 1 aliphatic rings. The number of hydrogen-bond acceptors (Lipinski definition) is 2. The maximum atomic E-state index is 10.7. The number of halogens is 2. The molecule has 0 aromatic carbocycles. The van der Waals surface area contributed by atoms with Gasteiger partial charge in [0.05, 0.1) is 6.54 Å². The van der Waals surface area contributed by atoms with Crippen molar-refractivity contribution in [2.24, 2.45) is 0 Å². The van der Waals surface area contributed by atoms with Crippen molar-refractivity contribution in [2.75, 3.05) is 13.2 Å². The first-order valence-corrected chi connectivity index (χ1v) is 3.47. The predicted molar refractivity (Wildman–Crippen MR) is 37.8 cm³/mol. The van der Waals surface area contributed by atoms with Crippen LogP contribution < -0.4 is 0 Å². The van der Waals surface area contributed by atoms with E-state index in [9.17, 15) is 4.79 Å². The molecule has 0 unspecified atom stereocenters. The lowest BCUT2D eigenvalue weighted by molar-refractivity contribution is 0.165. The Kier molecular flexibility index (Phi) is 2.40. The summed E-state index contributed by atoms with van der Waals surface area (Å²) in [4.78, 5) is 12.0. The zero-order valence-corrected chi connectivity index (χ0v) is 6.52. The maximum Gasteiger partial charge on any atom is 0.415 e. The lowest BCUT2D eigenvalue weighted by Crippen LogP contribution is -2.20. The van der Waals surface area contributed by atoms with E-state index in [-0.39, 0.29) is 5.16 Å². The Labute approximate surface area is 68.1 Å². The second kappa shape index (κ2) is 3.12. The zero-order chi connectivity index (χ0) is 7.56. The Balaban J connectivity index is 2.64. The fourth-order valence-corrected chi connectivity index (χ4v) is 0.918. The second-order valence-corrected chi connectivity index (χ2v) is 2.30. The van der Waals surface area contributed by atoms with Crippen molar-refractivity contribution in [2.45, 2.75) is 0 Å². The molecule has 1 saturated heterocycles. The van der Waals surface area contributed by atoms with Crippen molar-refractivity contribution in [3.05, 3.63) is 10.7 Å². The molecule has 0 aromatic rings. The number of ether oxygens (including phenoxy) is 1. The van der Waals surface area contributed by atoms with Gasteiger partial charge < -0.3 is 4.74 Å². The quantitative estimate of drug-likeness (QED) is 0.577. The average Bonchev–Trinajstić information content (AvgIpc) is 2.34. The first kappa shape index (κ1) is 7.69. The van der Waals surface area contributed by atoms with Gasteiger partial charge in [0.25, 0.3) is 0 Å². The number of carbonyl (C=O) groups excluding carboxylic acids is 1. The molecule has 10 heavy (non-hydrogen) atoms. The molecule has 56 valence electrons. The average molecular weight is 182 g/mol. The second-order valence-electron chi connectivity index (χ2n) is 1.70. The summed E-state index contributed by atoms with van der Waals surface area (Å²) in [5, 5.41) is 0.198. The van der Waals surface area contributed by atoms with E-state index in [2.05, 4.69) is 4.74 Å². The van der Waals surface area contributed by atoms with E-state index in [1.807, 2.05) is 0 Å². The van der Waals surface area contributed by atoms with Crippen LogP contribution in [0.25, 0.3) is 0 Å². The topological polar surface area (TPSA) is 29.5 Å². The number of carbonyl (C=O) groups is 1. The summed E-state index contributed by atoms with van der Waals surface area (Å²) in [6.07, 6.45) is -0.443. The lowest BCUT2D eigenvalue weighted by Gasteiger charge is -2.08. The van der Waals surface area contributed by atoms with Gasteiger partial charge in [0, 0.05) is 5.54 Å². The van der Waals surface area contributed by atoms with Crippen LogP contribution in [-0.2, 0) is 4.74 Å². The Morgan fingerprint density at radius 3 is 2.90 bits per heavy atom. The van der Waals surface area contributed by atoms with E-state index in [1.54, 1.807) is 0 Å². The van der Waals surface area contributed by atoms with Crippen LogP contribution in [0.1, 0.15) is 0 Å². The van der Waals surface area contributed by atoms with Crippen LogP contribution in [0.15, 0.2) is 10.7 Å². The van der Waals surface area contributed by atoms with E-state index in [0.29, 0.717) is 13.2 Å². The molecule has 0 spiro atoms. The fraction of sp³-hybridized carbons (Fsp3) is 0.400. The first-order valence-electron chi connectivity index (χ1n) is 2.66. The highest BCUT2D eigenvalue weighted by molar-refractivity contribution is 6.36. The van der Waals surface area contributed by atoms with Gasteiger partial charge in [-0.15, -0.1) is 0 Å². The minimum Gasteiger partial charge on any atom is -0.447 e. The van der Waals surface area contributed by atoms with Crippen molar-refractivity contribution < 1.29 is 9.53 Å². The molecule has 1 rings (SSSR count). The Morgan fingerprint density at radius 1 is 1.80 bits per heavy atom. The Morgan fingerprint density at radius 2 is 2.50 bits per heavy atom. The summed E-state index contributed by atoms with van der Waals surface area (Å²) in [5.74, 6) is 0. The molecule has 0 atom stereocenters. The summed E-state index contributed by atoms with van der Waals surface area (Å²) < 4.78 is 4.59. The molecular formula is C5H5Cl2NO2. The van der Waals surface area contributed by atoms with E-state index < -0.39 is 6.09 Å². The minimum absolute atomic E-state index is 0.198. The van der Waals surface area contributed by atoms with Gasteiger partial charge in [-0.3, -0.25) is 4.90 Å². The van der Waals surface area contributed by atoms with Gasteiger partial charge in [0.15, 0.2) is 0 Å². The van der Waals surface area contributed by atoms with Gasteiger partial charge >= 0.3 is 6.09 Å². The standard InChI is InChI=1S/C5H5Cl2NO2/c6-3-4(7)8-1-2-10-5(8)9/h3H,1-2H2/b4-3-. The highest BCUT2D eigenvalue weighted by Crippen LogP contribution is 2.15. The van der Waals surface area contributed by atoms with E-state index in [4.69, 9.17) is 23.2 Å². The highest BCUT2D eigenvalue weighted by Gasteiger charge is 2.23. The Bertz CT molecular complexity index is 180. The van der Waals surface area contributed by atoms with Crippen molar-refractivity contribution in [3.63, 3.8) is 0 Å². The van der Waals surface area contributed by atoms with Crippen LogP contribution in [0.4, 0.5) is 4.79 Å². The maximum absolute atomic E-state index is 10.7. The third-order valence-corrected chi connectivity index (χ3v) is 1.74. The first-order chi connectivity index (χ1) is 4.75. The van der Waals surface area contributed by atoms with E-state index >= 15 is 0 Å². The molecule has 1 fully saturated rings. The fourth-order valence-electron chi connectivity index (χ4n) is 0.646. The molecule has 0 saturated carbocycles. The molecule has 0 N–H and O–H groups in total. The van der Waals surface area contributed by atoms with Crippen molar-refractivity contribution >= 4 is 29.3 Å². The molecule has 1 heterocycles. The summed E-state index contributed by atoms with van der Waals surface area (Å²) in [7, 11) is 0. The molecular weight excluding hydrogens is 177 g/mol. The number of nitrogens with zero attached hydrogens (tertiary/aromatic N) is 1. The zero-order valence-electron chi connectivity index (χ0n) is 5.01. The number of rotatable bonds is 1. The SMILES string of the molecule is O=C1OCCN1/C(Cl)=C\Cl.